The van der Waals surface area contributed by atoms with Crippen LogP contribution in [0.2, 0.25) is 4.34 Å². The van der Waals surface area contributed by atoms with Crippen molar-refractivity contribution in [1.82, 2.24) is 10.2 Å². The molecule has 1 aromatic rings. The zero-order valence-electron chi connectivity index (χ0n) is 14.0. The monoisotopic (exact) mass is 387 g/mol. The third kappa shape index (κ3) is 3.93. The van der Waals surface area contributed by atoms with Crippen molar-refractivity contribution in [2.45, 2.75) is 25.8 Å². The molecule has 1 aromatic heterocycles. The van der Waals surface area contributed by atoms with E-state index in [1.807, 2.05) is 0 Å². The lowest BCUT2D eigenvalue weighted by Crippen LogP contribution is -2.57. The van der Waals surface area contributed by atoms with Crippen LogP contribution in [0.3, 0.4) is 0 Å². The van der Waals surface area contributed by atoms with E-state index in [9.17, 15) is 19.2 Å². The number of nitrogens with zero attached hydrogens (tertiary/aromatic N) is 1. The van der Waals surface area contributed by atoms with Crippen LogP contribution in [0.25, 0.3) is 0 Å². The topological polar surface area (TPSA) is 105 Å². The lowest BCUT2D eigenvalue weighted by atomic mass is 10.0. The molecule has 3 amide bonds. The molecular weight excluding hydrogens is 370 g/mol. The number of ether oxygens (including phenoxy) is 1. The molecule has 1 aliphatic heterocycles. The minimum Gasteiger partial charge on any atom is -0.465 e. The van der Waals surface area contributed by atoms with Crippen molar-refractivity contribution < 1.29 is 23.9 Å². The van der Waals surface area contributed by atoms with E-state index in [0.29, 0.717) is 13.0 Å². The number of thiophene rings is 1. The quantitative estimate of drug-likeness (QED) is 0.587. The van der Waals surface area contributed by atoms with Gasteiger partial charge in [0.25, 0.3) is 0 Å². The Kier molecular flexibility index (Phi) is 5.69. The Labute approximate surface area is 153 Å². The number of nitrogens with one attached hydrogen (secondary N) is 2. The zero-order valence-corrected chi connectivity index (χ0v) is 15.5. The smallest absolute Gasteiger partial charge is 0.350 e. The third-order valence-corrected chi connectivity index (χ3v) is 5.08. The van der Waals surface area contributed by atoms with Gasteiger partial charge in [0.1, 0.15) is 10.4 Å². The second-order valence-electron chi connectivity index (χ2n) is 5.86. The van der Waals surface area contributed by atoms with Crippen LogP contribution in [-0.4, -0.2) is 54.3 Å². The summed E-state index contributed by atoms with van der Waals surface area (Å²) in [6, 6.07) is 1.37. The minimum atomic E-state index is -1.16. The number of rotatable bonds is 2. The van der Waals surface area contributed by atoms with Crippen LogP contribution in [0.5, 0.6) is 0 Å². The highest BCUT2D eigenvalue weighted by Gasteiger charge is 2.41. The predicted octanol–water partition coefficient (Wildman–Crippen LogP) is 1.25. The van der Waals surface area contributed by atoms with E-state index in [4.69, 9.17) is 11.6 Å². The number of carbonyl (C=O) groups excluding carboxylic acids is 4. The molecule has 1 fully saturated rings. The summed E-state index contributed by atoms with van der Waals surface area (Å²) in [6.07, 6.45) is 0.534. The Hall–Kier alpha value is -2.13. The molecule has 1 saturated heterocycles. The molecule has 2 rings (SSSR count). The summed E-state index contributed by atoms with van der Waals surface area (Å²) in [7, 11) is 1.20. The first-order valence-electron chi connectivity index (χ1n) is 7.47. The Morgan fingerprint density at radius 3 is 2.72 bits per heavy atom. The number of amides is 3. The van der Waals surface area contributed by atoms with Crippen LogP contribution < -0.4 is 10.6 Å². The summed E-state index contributed by atoms with van der Waals surface area (Å²) in [6.45, 7) is 3.83. The van der Waals surface area contributed by atoms with Gasteiger partial charge in [-0.05, 0) is 26.3 Å². The molecule has 0 unspecified atom stereocenters. The molecule has 2 heterocycles. The van der Waals surface area contributed by atoms with E-state index in [1.165, 1.54) is 18.1 Å². The highest BCUT2D eigenvalue weighted by molar-refractivity contribution is 7.18. The summed E-state index contributed by atoms with van der Waals surface area (Å²) < 4.78 is 4.89. The van der Waals surface area contributed by atoms with E-state index in [1.54, 1.807) is 13.8 Å². The largest absolute Gasteiger partial charge is 0.465 e. The summed E-state index contributed by atoms with van der Waals surface area (Å²) >= 11 is 6.80. The highest BCUT2D eigenvalue weighted by atomic mass is 35.5. The molecule has 1 aliphatic rings. The number of anilines is 1. The predicted molar refractivity (Wildman–Crippen MR) is 92.7 cm³/mol. The lowest BCUT2D eigenvalue weighted by molar-refractivity contribution is -0.150. The van der Waals surface area contributed by atoms with Gasteiger partial charge >= 0.3 is 17.8 Å². The van der Waals surface area contributed by atoms with Crippen molar-refractivity contribution >= 4 is 52.3 Å². The van der Waals surface area contributed by atoms with Gasteiger partial charge in [0.05, 0.1) is 17.1 Å². The number of methoxy groups -OCH3 is 1. The fourth-order valence-electron chi connectivity index (χ4n) is 2.41. The van der Waals surface area contributed by atoms with Crippen molar-refractivity contribution in [2.24, 2.45) is 0 Å². The molecule has 0 atom stereocenters. The van der Waals surface area contributed by atoms with Crippen LogP contribution in [0.4, 0.5) is 5.69 Å². The van der Waals surface area contributed by atoms with E-state index < -0.39 is 23.3 Å². The number of esters is 1. The second kappa shape index (κ2) is 7.40. The van der Waals surface area contributed by atoms with Gasteiger partial charge < -0.3 is 20.3 Å². The molecule has 0 radical (unpaired) electrons. The highest BCUT2D eigenvalue weighted by Crippen LogP contribution is 2.31. The van der Waals surface area contributed by atoms with Crippen molar-refractivity contribution in [3.05, 3.63) is 15.3 Å². The Morgan fingerprint density at radius 2 is 2.08 bits per heavy atom. The molecule has 10 heteroatoms. The number of halogens is 1. The van der Waals surface area contributed by atoms with Gasteiger partial charge in [-0.2, -0.15) is 0 Å². The maximum Gasteiger partial charge on any atom is 0.350 e. The fourth-order valence-corrected chi connectivity index (χ4v) is 3.51. The van der Waals surface area contributed by atoms with Crippen molar-refractivity contribution in [1.29, 1.82) is 0 Å². The molecule has 0 spiro atoms. The first-order valence-corrected chi connectivity index (χ1v) is 8.66. The zero-order chi connectivity index (χ0) is 18.8. The van der Waals surface area contributed by atoms with E-state index in [2.05, 4.69) is 15.4 Å². The summed E-state index contributed by atoms with van der Waals surface area (Å²) in [5.41, 5.74) is -1.07. The SMILES string of the molecule is COC(=O)c1sc(Cl)cc1NC(=O)C(=O)N1CCCNC(=O)C1(C)C. The molecule has 2 N–H and O–H groups in total. The Morgan fingerprint density at radius 1 is 1.40 bits per heavy atom. The van der Waals surface area contributed by atoms with Gasteiger partial charge in [0.15, 0.2) is 0 Å². The minimum absolute atomic E-state index is 0.0847. The van der Waals surface area contributed by atoms with E-state index >= 15 is 0 Å². The molecular formula is C15H18ClN3O5S. The maximum absolute atomic E-state index is 12.6. The standard InChI is InChI=1S/C15H18ClN3O5S/c1-15(2)14(23)17-5-4-6-19(15)12(21)11(20)18-8-7-9(16)25-10(8)13(22)24-3/h7H,4-6H2,1-3H3,(H,17,23)(H,18,20). The van der Waals surface area contributed by atoms with E-state index in [-0.39, 0.29) is 27.4 Å². The van der Waals surface area contributed by atoms with Gasteiger partial charge in [-0.3, -0.25) is 14.4 Å². The van der Waals surface area contributed by atoms with Crippen LogP contribution >= 0.6 is 22.9 Å². The molecule has 0 bridgehead atoms. The molecule has 8 nitrogen and oxygen atoms in total. The summed E-state index contributed by atoms with van der Waals surface area (Å²) in [5.74, 6) is -2.82. The van der Waals surface area contributed by atoms with Crippen LogP contribution in [0.1, 0.15) is 29.9 Å². The van der Waals surface area contributed by atoms with Gasteiger partial charge in [0, 0.05) is 13.1 Å². The molecule has 25 heavy (non-hydrogen) atoms. The van der Waals surface area contributed by atoms with E-state index in [0.717, 1.165) is 11.3 Å². The van der Waals surface area contributed by atoms with Crippen LogP contribution in [0, 0.1) is 0 Å². The fraction of sp³-hybridized carbons (Fsp3) is 0.467. The number of hydrogen-bond acceptors (Lipinski definition) is 6. The summed E-state index contributed by atoms with van der Waals surface area (Å²) in [5, 5.41) is 5.08. The van der Waals surface area contributed by atoms with Gasteiger partial charge in [-0.15, -0.1) is 11.3 Å². The first-order chi connectivity index (χ1) is 11.7. The molecule has 0 aromatic carbocycles. The van der Waals surface area contributed by atoms with Gasteiger partial charge in [-0.25, -0.2) is 4.79 Å². The van der Waals surface area contributed by atoms with Gasteiger partial charge in [-0.1, -0.05) is 11.6 Å². The first kappa shape index (κ1) is 19.2. The average Bonchev–Trinajstić information content (AvgIpc) is 2.86. The number of carbonyl (C=O) groups is 4. The second-order valence-corrected chi connectivity index (χ2v) is 7.55. The number of hydrogen-bond donors (Lipinski definition) is 2. The van der Waals surface area contributed by atoms with Crippen LogP contribution in [-0.2, 0) is 19.1 Å². The Bertz CT molecular complexity index is 731. The summed E-state index contributed by atoms with van der Waals surface area (Å²) in [4.78, 5) is 50.1. The average molecular weight is 388 g/mol. The van der Waals surface area contributed by atoms with Gasteiger partial charge in [0.2, 0.25) is 5.91 Å². The maximum atomic E-state index is 12.6. The van der Waals surface area contributed by atoms with Crippen LogP contribution in [0.15, 0.2) is 6.07 Å². The van der Waals surface area contributed by atoms with Crippen molar-refractivity contribution in [2.75, 3.05) is 25.5 Å². The van der Waals surface area contributed by atoms with Crippen molar-refractivity contribution in [3.8, 4) is 0 Å². The van der Waals surface area contributed by atoms with Crippen molar-refractivity contribution in [3.63, 3.8) is 0 Å². The lowest BCUT2D eigenvalue weighted by Gasteiger charge is -2.34. The molecule has 0 aliphatic carbocycles. The normalized spacial score (nSPS) is 16.6. The third-order valence-electron chi connectivity index (χ3n) is 3.83. The molecule has 136 valence electrons. The molecule has 0 saturated carbocycles. The Balaban J connectivity index is 2.22.